The number of nitriles is 1. The molecule has 1 aliphatic heterocycles. The fraction of sp³-hybridized carbons (Fsp3) is 0.133. The third-order valence-electron chi connectivity index (χ3n) is 3.44. The van der Waals surface area contributed by atoms with Crippen molar-refractivity contribution in [1.29, 1.82) is 5.26 Å². The molecular formula is C15H11ClN2. The molecule has 1 N–H and O–H groups in total. The standard InChI is InChI=1S/C15H11ClN2/c16-12-6-7-14-13(8-12)15(9-17,10-18-14)11-4-2-1-3-5-11/h1-8,18H,10H2/t15-/m0/s1. The van der Waals surface area contributed by atoms with Gasteiger partial charge in [-0.3, -0.25) is 0 Å². The second kappa shape index (κ2) is 4.04. The molecule has 0 aromatic heterocycles. The predicted molar refractivity (Wildman–Crippen MR) is 72.8 cm³/mol. The third-order valence-corrected chi connectivity index (χ3v) is 3.68. The molecule has 2 nitrogen and oxygen atoms in total. The molecule has 3 rings (SSSR count). The van der Waals surface area contributed by atoms with Crippen LogP contribution < -0.4 is 5.32 Å². The van der Waals surface area contributed by atoms with Crippen molar-refractivity contribution in [3.63, 3.8) is 0 Å². The summed E-state index contributed by atoms with van der Waals surface area (Å²) in [5, 5.41) is 13.6. The molecule has 0 saturated heterocycles. The van der Waals surface area contributed by atoms with E-state index in [-0.39, 0.29) is 0 Å². The molecule has 0 spiro atoms. The number of hydrogen-bond donors (Lipinski definition) is 1. The first kappa shape index (κ1) is 11.1. The summed E-state index contributed by atoms with van der Waals surface area (Å²) in [5.74, 6) is 0. The highest BCUT2D eigenvalue weighted by Gasteiger charge is 2.40. The van der Waals surface area contributed by atoms with Gasteiger partial charge in [-0.15, -0.1) is 0 Å². The Bertz CT molecular complexity index is 631. The summed E-state index contributed by atoms with van der Waals surface area (Å²) in [6.45, 7) is 0.586. The van der Waals surface area contributed by atoms with Crippen molar-refractivity contribution in [3.8, 4) is 6.07 Å². The van der Waals surface area contributed by atoms with E-state index in [0.29, 0.717) is 11.6 Å². The van der Waals surface area contributed by atoms with E-state index in [4.69, 9.17) is 11.6 Å². The van der Waals surface area contributed by atoms with E-state index in [1.165, 1.54) is 0 Å². The molecule has 2 aromatic carbocycles. The average Bonchev–Trinajstić information content (AvgIpc) is 2.79. The van der Waals surface area contributed by atoms with Gasteiger partial charge in [0.15, 0.2) is 0 Å². The topological polar surface area (TPSA) is 35.8 Å². The highest BCUT2D eigenvalue weighted by molar-refractivity contribution is 6.30. The maximum Gasteiger partial charge on any atom is 0.126 e. The maximum absolute atomic E-state index is 9.67. The van der Waals surface area contributed by atoms with Crippen LogP contribution >= 0.6 is 11.6 Å². The minimum Gasteiger partial charge on any atom is -0.382 e. The van der Waals surface area contributed by atoms with Crippen LogP contribution in [0.25, 0.3) is 0 Å². The minimum atomic E-state index is -0.637. The van der Waals surface area contributed by atoms with Gasteiger partial charge in [-0.25, -0.2) is 0 Å². The van der Waals surface area contributed by atoms with Gasteiger partial charge in [-0.2, -0.15) is 5.26 Å². The van der Waals surface area contributed by atoms with Crippen molar-refractivity contribution in [2.75, 3.05) is 11.9 Å². The van der Waals surface area contributed by atoms with Crippen LogP contribution in [-0.2, 0) is 5.41 Å². The lowest BCUT2D eigenvalue weighted by atomic mass is 9.77. The first-order chi connectivity index (χ1) is 8.76. The van der Waals surface area contributed by atoms with E-state index in [9.17, 15) is 5.26 Å². The van der Waals surface area contributed by atoms with Gasteiger partial charge in [0.05, 0.1) is 6.07 Å². The summed E-state index contributed by atoms with van der Waals surface area (Å²) in [7, 11) is 0. The number of fused-ring (bicyclic) bond motifs is 1. The van der Waals surface area contributed by atoms with E-state index in [1.807, 2.05) is 48.5 Å². The van der Waals surface area contributed by atoms with Crippen molar-refractivity contribution in [1.82, 2.24) is 0 Å². The van der Waals surface area contributed by atoms with Crippen LogP contribution in [-0.4, -0.2) is 6.54 Å². The second-order valence-corrected chi connectivity index (χ2v) is 4.86. The Morgan fingerprint density at radius 3 is 2.67 bits per heavy atom. The molecule has 0 radical (unpaired) electrons. The number of nitrogens with zero attached hydrogens (tertiary/aromatic N) is 1. The van der Waals surface area contributed by atoms with Crippen LogP contribution in [0, 0.1) is 11.3 Å². The summed E-state index contributed by atoms with van der Waals surface area (Å²) in [6.07, 6.45) is 0. The zero-order chi connectivity index (χ0) is 12.6. The molecule has 18 heavy (non-hydrogen) atoms. The molecule has 0 aliphatic carbocycles. The van der Waals surface area contributed by atoms with E-state index >= 15 is 0 Å². The van der Waals surface area contributed by atoms with Gasteiger partial charge in [0.2, 0.25) is 0 Å². The maximum atomic E-state index is 9.67. The quantitative estimate of drug-likeness (QED) is 0.844. The minimum absolute atomic E-state index is 0.586. The van der Waals surface area contributed by atoms with Crippen LogP contribution in [0.15, 0.2) is 48.5 Å². The molecule has 0 saturated carbocycles. The van der Waals surface area contributed by atoms with Crippen LogP contribution in [0.3, 0.4) is 0 Å². The number of hydrogen-bond acceptors (Lipinski definition) is 2. The number of nitrogens with one attached hydrogen (secondary N) is 1. The summed E-state index contributed by atoms with van der Waals surface area (Å²) in [6, 6.07) is 17.9. The molecule has 0 bridgehead atoms. The molecule has 1 heterocycles. The van der Waals surface area contributed by atoms with Crippen molar-refractivity contribution >= 4 is 17.3 Å². The Morgan fingerprint density at radius 2 is 1.94 bits per heavy atom. The Kier molecular flexibility index (Phi) is 2.50. The number of benzene rings is 2. The van der Waals surface area contributed by atoms with Gasteiger partial charge in [0.25, 0.3) is 0 Å². The van der Waals surface area contributed by atoms with E-state index in [1.54, 1.807) is 0 Å². The number of anilines is 1. The molecule has 2 aromatic rings. The lowest BCUT2D eigenvalue weighted by Gasteiger charge is -2.21. The van der Waals surface area contributed by atoms with Gasteiger partial charge in [-0.05, 0) is 23.8 Å². The van der Waals surface area contributed by atoms with Crippen molar-refractivity contribution in [3.05, 3.63) is 64.7 Å². The van der Waals surface area contributed by atoms with Crippen molar-refractivity contribution in [2.45, 2.75) is 5.41 Å². The zero-order valence-corrected chi connectivity index (χ0v) is 10.4. The Balaban J connectivity index is 2.24. The van der Waals surface area contributed by atoms with Crippen molar-refractivity contribution in [2.24, 2.45) is 0 Å². The Labute approximate surface area is 111 Å². The predicted octanol–water partition coefficient (Wildman–Crippen LogP) is 3.58. The van der Waals surface area contributed by atoms with E-state index in [2.05, 4.69) is 11.4 Å². The molecule has 0 unspecified atom stereocenters. The average molecular weight is 255 g/mol. The smallest absolute Gasteiger partial charge is 0.126 e. The highest BCUT2D eigenvalue weighted by Crippen LogP contribution is 2.42. The highest BCUT2D eigenvalue weighted by atomic mass is 35.5. The largest absolute Gasteiger partial charge is 0.382 e. The molecule has 0 fully saturated rings. The van der Waals surface area contributed by atoms with Gasteiger partial charge in [0, 0.05) is 22.8 Å². The molecule has 1 aliphatic rings. The first-order valence-electron chi connectivity index (χ1n) is 5.77. The van der Waals surface area contributed by atoms with Gasteiger partial charge < -0.3 is 5.32 Å². The van der Waals surface area contributed by atoms with Gasteiger partial charge >= 0.3 is 0 Å². The Morgan fingerprint density at radius 1 is 1.17 bits per heavy atom. The summed E-state index contributed by atoms with van der Waals surface area (Å²) >= 11 is 6.06. The fourth-order valence-corrected chi connectivity index (χ4v) is 2.66. The van der Waals surface area contributed by atoms with Gasteiger partial charge in [-0.1, -0.05) is 41.9 Å². The lowest BCUT2D eigenvalue weighted by molar-refractivity contribution is 0.733. The summed E-state index contributed by atoms with van der Waals surface area (Å²) < 4.78 is 0. The first-order valence-corrected chi connectivity index (χ1v) is 6.15. The normalized spacial score (nSPS) is 20.9. The summed E-state index contributed by atoms with van der Waals surface area (Å²) in [4.78, 5) is 0. The van der Waals surface area contributed by atoms with Crippen LogP contribution in [0.5, 0.6) is 0 Å². The SMILES string of the molecule is N#C[C@@]1(c2ccccc2)CNc2ccc(Cl)cc21. The monoisotopic (exact) mass is 254 g/mol. The van der Waals surface area contributed by atoms with Crippen LogP contribution in [0.2, 0.25) is 5.02 Å². The molecule has 0 amide bonds. The van der Waals surface area contributed by atoms with E-state index in [0.717, 1.165) is 16.8 Å². The lowest BCUT2D eigenvalue weighted by Crippen LogP contribution is -2.27. The second-order valence-electron chi connectivity index (χ2n) is 4.43. The zero-order valence-electron chi connectivity index (χ0n) is 9.65. The molecule has 3 heteroatoms. The van der Waals surface area contributed by atoms with Crippen LogP contribution in [0.1, 0.15) is 11.1 Å². The third kappa shape index (κ3) is 1.48. The molecular weight excluding hydrogens is 244 g/mol. The van der Waals surface area contributed by atoms with E-state index < -0.39 is 5.41 Å². The number of halogens is 1. The molecule has 88 valence electrons. The fourth-order valence-electron chi connectivity index (χ4n) is 2.49. The Hall–Kier alpha value is -1.98. The van der Waals surface area contributed by atoms with Crippen molar-refractivity contribution < 1.29 is 0 Å². The van der Waals surface area contributed by atoms with Gasteiger partial charge in [0.1, 0.15) is 5.41 Å². The molecule has 1 atom stereocenters. The van der Waals surface area contributed by atoms with Crippen LogP contribution in [0.4, 0.5) is 5.69 Å². The summed E-state index contributed by atoms with van der Waals surface area (Å²) in [5.41, 5.74) is 2.32. The number of rotatable bonds is 1.